The number of amides is 1. The van der Waals surface area contributed by atoms with Crippen molar-refractivity contribution in [1.82, 2.24) is 15.1 Å². The minimum absolute atomic E-state index is 0.0477. The van der Waals surface area contributed by atoms with Crippen LogP contribution in [0.4, 0.5) is 5.69 Å². The highest BCUT2D eigenvalue weighted by Crippen LogP contribution is 2.19. The van der Waals surface area contributed by atoms with Gasteiger partial charge in [0.1, 0.15) is 0 Å². The van der Waals surface area contributed by atoms with Crippen molar-refractivity contribution in [2.75, 3.05) is 11.9 Å². The van der Waals surface area contributed by atoms with Crippen molar-refractivity contribution in [2.45, 2.75) is 13.5 Å². The average molecular weight is 337 g/mol. The molecule has 0 atom stereocenters. The van der Waals surface area contributed by atoms with Crippen LogP contribution in [0.3, 0.4) is 0 Å². The lowest BCUT2D eigenvalue weighted by molar-refractivity contribution is -0.119. The molecule has 0 fully saturated rings. The summed E-state index contributed by atoms with van der Waals surface area (Å²) in [6.45, 7) is 2.73. The Morgan fingerprint density at radius 3 is 2.85 bits per heavy atom. The third-order valence-corrected chi connectivity index (χ3v) is 3.51. The normalized spacial score (nSPS) is 10.3. The van der Waals surface area contributed by atoms with Gasteiger partial charge in [-0.1, -0.05) is 15.9 Å². The Labute approximate surface area is 126 Å². The molecular weight excluding hydrogens is 320 g/mol. The summed E-state index contributed by atoms with van der Waals surface area (Å²) >= 11 is 3.41. The highest BCUT2D eigenvalue weighted by Gasteiger charge is 2.05. The Kier molecular flexibility index (Phi) is 4.79. The zero-order valence-electron chi connectivity index (χ0n) is 11.5. The Morgan fingerprint density at radius 1 is 1.40 bits per heavy atom. The lowest BCUT2D eigenvalue weighted by Gasteiger charge is -2.10. The minimum atomic E-state index is -0.0477. The number of hydrogen-bond acceptors (Lipinski definition) is 3. The molecule has 0 saturated heterocycles. The van der Waals surface area contributed by atoms with Crippen LogP contribution in [0.2, 0.25) is 0 Å². The summed E-state index contributed by atoms with van der Waals surface area (Å²) in [6.07, 6.45) is 1.71. The van der Waals surface area contributed by atoms with E-state index in [0.29, 0.717) is 6.54 Å². The van der Waals surface area contributed by atoms with Crippen molar-refractivity contribution in [3.8, 4) is 0 Å². The Morgan fingerprint density at radius 2 is 2.20 bits per heavy atom. The number of hydrogen-bond donors (Lipinski definition) is 2. The topological polar surface area (TPSA) is 59.0 Å². The number of nitrogens with one attached hydrogen (secondary N) is 2. The van der Waals surface area contributed by atoms with Crippen LogP contribution in [-0.4, -0.2) is 22.2 Å². The lowest BCUT2D eigenvalue weighted by atomic mass is 10.2. The van der Waals surface area contributed by atoms with Gasteiger partial charge in [-0.05, 0) is 36.8 Å². The molecule has 106 valence electrons. The first-order valence-electron chi connectivity index (χ1n) is 6.30. The van der Waals surface area contributed by atoms with E-state index in [1.165, 1.54) is 0 Å². The van der Waals surface area contributed by atoms with E-state index >= 15 is 0 Å². The fourth-order valence-corrected chi connectivity index (χ4v) is 2.30. The molecule has 2 rings (SSSR count). The summed E-state index contributed by atoms with van der Waals surface area (Å²) in [5, 5.41) is 10.0. The molecule has 0 aliphatic heterocycles. The first-order valence-corrected chi connectivity index (χ1v) is 7.09. The van der Waals surface area contributed by atoms with E-state index < -0.39 is 0 Å². The summed E-state index contributed by atoms with van der Waals surface area (Å²) in [7, 11) is 1.85. The molecule has 2 N–H and O–H groups in total. The summed E-state index contributed by atoms with van der Waals surface area (Å²) in [6, 6.07) is 7.79. The SMILES string of the molecule is Cc1cc(Br)ccc1NCC(=O)NCc1ccnn1C. The van der Waals surface area contributed by atoms with E-state index in [1.54, 1.807) is 10.9 Å². The predicted molar refractivity (Wildman–Crippen MR) is 82.4 cm³/mol. The molecular formula is C14H17BrN4O. The summed E-state index contributed by atoms with van der Waals surface area (Å²) in [4.78, 5) is 11.8. The van der Waals surface area contributed by atoms with Gasteiger partial charge in [0, 0.05) is 23.4 Å². The van der Waals surface area contributed by atoms with E-state index in [-0.39, 0.29) is 12.5 Å². The molecule has 20 heavy (non-hydrogen) atoms. The summed E-state index contributed by atoms with van der Waals surface area (Å²) in [5.74, 6) is -0.0477. The van der Waals surface area contributed by atoms with Crippen LogP contribution in [0, 0.1) is 6.92 Å². The van der Waals surface area contributed by atoms with Crippen molar-refractivity contribution in [2.24, 2.45) is 7.05 Å². The predicted octanol–water partition coefficient (Wildman–Crippen LogP) is 2.22. The number of rotatable bonds is 5. The van der Waals surface area contributed by atoms with Crippen molar-refractivity contribution in [3.63, 3.8) is 0 Å². The molecule has 0 radical (unpaired) electrons. The van der Waals surface area contributed by atoms with Crippen LogP contribution in [0.25, 0.3) is 0 Å². The van der Waals surface area contributed by atoms with Crippen molar-refractivity contribution in [1.29, 1.82) is 0 Å². The molecule has 1 aromatic carbocycles. The van der Waals surface area contributed by atoms with Gasteiger partial charge in [-0.25, -0.2) is 0 Å². The standard InChI is InChI=1S/C14H17BrN4O/c1-10-7-11(15)3-4-13(10)16-9-14(20)17-8-12-5-6-18-19(12)2/h3-7,16H,8-9H2,1-2H3,(H,17,20). The number of anilines is 1. The van der Waals surface area contributed by atoms with Gasteiger partial charge in [-0.2, -0.15) is 5.10 Å². The highest BCUT2D eigenvalue weighted by molar-refractivity contribution is 9.10. The van der Waals surface area contributed by atoms with Gasteiger partial charge in [0.2, 0.25) is 5.91 Å². The number of aromatic nitrogens is 2. The number of halogens is 1. The molecule has 0 aliphatic carbocycles. The summed E-state index contributed by atoms with van der Waals surface area (Å²) < 4.78 is 2.77. The van der Waals surface area contributed by atoms with Crippen LogP contribution >= 0.6 is 15.9 Å². The Balaban J connectivity index is 1.82. The quantitative estimate of drug-likeness (QED) is 0.880. The number of nitrogens with zero attached hydrogens (tertiary/aromatic N) is 2. The second-order valence-corrected chi connectivity index (χ2v) is 5.45. The lowest BCUT2D eigenvalue weighted by Crippen LogP contribution is -2.30. The molecule has 0 unspecified atom stereocenters. The third kappa shape index (κ3) is 3.84. The highest BCUT2D eigenvalue weighted by atomic mass is 79.9. The van der Waals surface area contributed by atoms with Crippen LogP contribution < -0.4 is 10.6 Å². The van der Waals surface area contributed by atoms with Gasteiger partial charge in [-0.15, -0.1) is 0 Å². The van der Waals surface area contributed by atoms with Gasteiger partial charge in [-0.3, -0.25) is 9.48 Å². The summed E-state index contributed by atoms with van der Waals surface area (Å²) in [5.41, 5.74) is 3.03. The fourth-order valence-electron chi connectivity index (χ4n) is 1.83. The minimum Gasteiger partial charge on any atom is -0.376 e. The number of carbonyl (C=O) groups is 1. The van der Waals surface area contributed by atoms with Gasteiger partial charge in [0.25, 0.3) is 0 Å². The first kappa shape index (κ1) is 14.6. The van der Waals surface area contributed by atoms with Gasteiger partial charge in [0.15, 0.2) is 0 Å². The molecule has 1 aromatic heterocycles. The molecule has 0 saturated carbocycles. The number of aryl methyl sites for hydroxylation is 2. The zero-order valence-corrected chi connectivity index (χ0v) is 13.1. The molecule has 2 aromatic rings. The molecule has 6 heteroatoms. The molecule has 5 nitrogen and oxygen atoms in total. The van der Waals surface area contributed by atoms with Crippen molar-refractivity contribution in [3.05, 3.63) is 46.2 Å². The van der Waals surface area contributed by atoms with Gasteiger partial charge < -0.3 is 10.6 Å². The number of benzene rings is 1. The second-order valence-electron chi connectivity index (χ2n) is 4.54. The molecule has 1 amide bonds. The molecule has 1 heterocycles. The van der Waals surface area contributed by atoms with E-state index in [9.17, 15) is 4.79 Å². The van der Waals surface area contributed by atoms with Crippen LogP contribution in [0.5, 0.6) is 0 Å². The monoisotopic (exact) mass is 336 g/mol. The van der Waals surface area contributed by atoms with E-state index in [2.05, 4.69) is 31.7 Å². The van der Waals surface area contributed by atoms with Crippen LogP contribution in [0.15, 0.2) is 34.9 Å². The van der Waals surface area contributed by atoms with E-state index in [0.717, 1.165) is 21.4 Å². The molecule has 0 aliphatic rings. The third-order valence-electron chi connectivity index (χ3n) is 3.02. The molecule has 0 spiro atoms. The zero-order chi connectivity index (χ0) is 14.5. The van der Waals surface area contributed by atoms with E-state index in [4.69, 9.17) is 0 Å². The average Bonchev–Trinajstić information content (AvgIpc) is 2.81. The smallest absolute Gasteiger partial charge is 0.239 e. The fraction of sp³-hybridized carbons (Fsp3) is 0.286. The maximum atomic E-state index is 11.8. The Hall–Kier alpha value is -1.82. The van der Waals surface area contributed by atoms with E-state index in [1.807, 2.05) is 38.2 Å². The number of carbonyl (C=O) groups excluding carboxylic acids is 1. The van der Waals surface area contributed by atoms with Crippen LogP contribution in [-0.2, 0) is 18.4 Å². The van der Waals surface area contributed by atoms with Gasteiger partial charge in [0.05, 0.1) is 18.8 Å². The maximum absolute atomic E-state index is 11.8. The molecule has 0 bridgehead atoms. The van der Waals surface area contributed by atoms with Crippen molar-refractivity contribution >= 4 is 27.5 Å². The second kappa shape index (κ2) is 6.56. The largest absolute Gasteiger partial charge is 0.376 e. The van der Waals surface area contributed by atoms with Gasteiger partial charge >= 0.3 is 0 Å². The Bertz CT molecular complexity index is 609. The van der Waals surface area contributed by atoms with Crippen LogP contribution in [0.1, 0.15) is 11.3 Å². The maximum Gasteiger partial charge on any atom is 0.239 e. The first-order chi connectivity index (χ1) is 9.56. The van der Waals surface area contributed by atoms with Crippen molar-refractivity contribution < 1.29 is 4.79 Å².